The second kappa shape index (κ2) is 5.37. The molecule has 110 valence electrons. The summed E-state index contributed by atoms with van der Waals surface area (Å²) in [4.78, 5) is 11.3. The van der Waals surface area contributed by atoms with Crippen molar-refractivity contribution in [3.63, 3.8) is 0 Å². The van der Waals surface area contributed by atoms with Crippen molar-refractivity contribution in [1.82, 2.24) is 9.97 Å². The van der Waals surface area contributed by atoms with Gasteiger partial charge in [0.15, 0.2) is 16.7 Å². The number of hydrogen-bond donors (Lipinski definition) is 0. The van der Waals surface area contributed by atoms with Gasteiger partial charge in [0.25, 0.3) is 0 Å². The molecule has 0 aromatic carbocycles. The van der Waals surface area contributed by atoms with Gasteiger partial charge in [-0.25, -0.2) is 9.97 Å². The molecular formula is C14H20ClN3O2. The molecule has 20 heavy (non-hydrogen) atoms. The van der Waals surface area contributed by atoms with Crippen LogP contribution in [0.25, 0.3) is 0 Å². The first-order valence-electron chi connectivity index (χ1n) is 7.10. The zero-order chi connectivity index (χ0) is 14.3. The van der Waals surface area contributed by atoms with Crippen molar-refractivity contribution < 1.29 is 9.47 Å². The van der Waals surface area contributed by atoms with Crippen molar-refractivity contribution >= 4 is 17.4 Å². The molecule has 5 nitrogen and oxygen atoms in total. The van der Waals surface area contributed by atoms with Crippen molar-refractivity contribution in [3.8, 4) is 5.75 Å². The predicted octanol–water partition coefficient (Wildman–Crippen LogP) is 2.63. The van der Waals surface area contributed by atoms with Gasteiger partial charge in [-0.2, -0.15) is 0 Å². The molecule has 0 unspecified atom stereocenters. The fourth-order valence-electron chi connectivity index (χ4n) is 2.69. The average molecular weight is 298 g/mol. The van der Waals surface area contributed by atoms with Crippen LogP contribution in [-0.4, -0.2) is 42.4 Å². The second-order valence-electron chi connectivity index (χ2n) is 5.67. The van der Waals surface area contributed by atoms with Crippen LogP contribution in [0, 0.1) is 0 Å². The highest BCUT2D eigenvalue weighted by atomic mass is 35.5. The quantitative estimate of drug-likeness (QED) is 0.803. The summed E-state index contributed by atoms with van der Waals surface area (Å²) in [7, 11) is 1.61. The minimum Gasteiger partial charge on any atom is -0.490 e. The number of anilines is 1. The van der Waals surface area contributed by atoms with E-state index in [0.717, 1.165) is 37.6 Å². The number of aromatic nitrogens is 2. The molecule has 0 spiro atoms. The maximum Gasteiger partial charge on any atom is 0.199 e. The van der Waals surface area contributed by atoms with Gasteiger partial charge in [0.2, 0.25) is 0 Å². The summed E-state index contributed by atoms with van der Waals surface area (Å²) < 4.78 is 11.2. The van der Waals surface area contributed by atoms with Gasteiger partial charge >= 0.3 is 0 Å². The van der Waals surface area contributed by atoms with Crippen LogP contribution in [0.15, 0.2) is 0 Å². The van der Waals surface area contributed by atoms with Gasteiger partial charge in [-0.05, 0) is 26.7 Å². The highest BCUT2D eigenvalue weighted by Gasteiger charge is 2.32. The van der Waals surface area contributed by atoms with Crippen LogP contribution in [0.3, 0.4) is 0 Å². The number of hydrogen-bond acceptors (Lipinski definition) is 5. The van der Waals surface area contributed by atoms with Crippen molar-refractivity contribution in [1.29, 1.82) is 0 Å². The number of methoxy groups -OCH3 is 1. The molecule has 0 amide bonds. The summed E-state index contributed by atoms with van der Waals surface area (Å²) >= 11 is 6.26. The third kappa shape index (κ3) is 2.69. The monoisotopic (exact) mass is 297 g/mol. The molecule has 0 N–H and O–H groups in total. The Labute approximate surface area is 124 Å². The van der Waals surface area contributed by atoms with Crippen LogP contribution in [0.2, 0.25) is 5.15 Å². The first-order valence-corrected chi connectivity index (χ1v) is 7.48. The summed E-state index contributed by atoms with van der Waals surface area (Å²) in [5.41, 5.74) is 0. The summed E-state index contributed by atoms with van der Waals surface area (Å²) in [5.74, 6) is 2.68. The highest BCUT2D eigenvalue weighted by Crippen LogP contribution is 2.42. The fraction of sp³-hybridized carbons (Fsp3) is 0.714. The number of rotatable bonds is 3. The van der Waals surface area contributed by atoms with Gasteiger partial charge in [-0.1, -0.05) is 11.6 Å². The normalized spacial score (nSPS) is 26.7. The van der Waals surface area contributed by atoms with Gasteiger partial charge in [0, 0.05) is 19.0 Å². The Morgan fingerprint density at radius 1 is 1.20 bits per heavy atom. The van der Waals surface area contributed by atoms with Crippen LogP contribution in [0.5, 0.6) is 5.75 Å². The molecule has 1 aliphatic carbocycles. The Bertz CT molecular complexity index is 497. The number of morpholine rings is 1. The van der Waals surface area contributed by atoms with Gasteiger partial charge in [0.1, 0.15) is 5.82 Å². The SMILES string of the molecule is COc1c(Cl)nc(C2CC2)nc1N1C[C@@H](C)O[C@@H](C)C1. The van der Waals surface area contributed by atoms with E-state index in [-0.39, 0.29) is 12.2 Å². The molecule has 6 heteroatoms. The van der Waals surface area contributed by atoms with E-state index >= 15 is 0 Å². The number of halogens is 1. The summed E-state index contributed by atoms with van der Waals surface area (Å²) in [6.45, 7) is 5.72. The van der Waals surface area contributed by atoms with Crippen LogP contribution in [0.1, 0.15) is 38.4 Å². The summed E-state index contributed by atoms with van der Waals surface area (Å²) in [6.07, 6.45) is 2.64. The molecule has 2 atom stereocenters. The lowest BCUT2D eigenvalue weighted by Crippen LogP contribution is -2.46. The molecule has 0 bridgehead atoms. The Morgan fingerprint density at radius 3 is 2.40 bits per heavy atom. The van der Waals surface area contributed by atoms with Crippen LogP contribution in [0.4, 0.5) is 5.82 Å². The molecule has 3 rings (SSSR count). The number of nitrogens with zero attached hydrogens (tertiary/aromatic N) is 3. The molecule has 1 aliphatic heterocycles. The lowest BCUT2D eigenvalue weighted by atomic mass is 10.2. The Morgan fingerprint density at radius 2 is 1.85 bits per heavy atom. The molecule has 2 fully saturated rings. The topological polar surface area (TPSA) is 47.5 Å². The van der Waals surface area contributed by atoms with E-state index in [2.05, 4.69) is 23.7 Å². The van der Waals surface area contributed by atoms with Crippen LogP contribution >= 0.6 is 11.6 Å². The summed E-state index contributed by atoms with van der Waals surface area (Å²) in [6, 6.07) is 0. The van der Waals surface area contributed by atoms with Crippen molar-refractivity contribution in [2.24, 2.45) is 0 Å². The lowest BCUT2D eigenvalue weighted by Gasteiger charge is -2.36. The van der Waals surface area contributed by atoms with Crippen molar-refractivity contribution in [2.75, 3.05) is 25.1 Å². The second-order valence-corrected chi connectivity index (χ2v) is 6.02. The van der Waals surface area contributed by atoms with E-state index < -0.39 is 0 Å². The standard InChI is InChI=1S/C14H20ClN3O2/c1-8-6-18(7-9(2)20-8)14-11(19-3)12(15)16-13(17-14)10-4-5-10/h8-10H,4-7H2,1-3H3/t8-,9+. The smallest absolute Gasteiger partial charge is 0.199 e. The van der Waals surface area contributed by atoms with Gasteiger partial charge in [0.05, 0.1) is 19.3 Å². The molecular weight excluding hydrogens is 278 g/mol. The van der Waals surface area contributed by atoms with Crippen molar-refractivity contribution in [3.05, 3.63) is 11.0 Å². The average Bonchev–Trinajstić information content (AvgIpc) is 3.20. The van der Waals surface area contributed by atoms with E-state index in [9.17, 15) is 0 Å². The third-order valence-corrected chi connectivity index (χ3v) is 3.95. The van der Waals surface area contributed by atoms with Crippen molar-refractivity contribution in [2.45, 2.75) is 44.8 Å². The van der Waals surface area contributed by atoms with Crippen LogP contribution in [-0.2, 0) is 4.74 Å². The largest absolute Gasteiger partial charge is 0.490 e. The minimum absolute atomic E-state index is 0.168. The van der Waals surface area contributed by atoms with E-state index in [1.807, 2.05) is 0 Å². The maximum atomic E-state index is 6.26. The van der Waals surface area contributed by atoms with Gasteiger partial charge < -0.3 is 14.4 Å². The van der Waals surface area contributed by atoms with E-state index in [1.54, 1.807) is 7.11 Å². The molecule has 1 aromatic rings. The molecule has 0 radical (unpaired) electrons. The lowest BCUT2D eigenvalue weighted by molar-refractivity contribution is -0.00559. The highest BCUT2D eigenvalue weighted by molar-refractivity contribution is 6.31. The first-order chi connectivity index (χ1) is 9.58. The zero-order valence-corrected chi connectivity index (χ0v) is 12.9. The Balaban J connectivity index is 1.97. The van der Waals surface area contributed by atoms with E-state index in [4.69, 9.17) is 26.1 Å². The first kappa shape index (κ1) is 13.9. The zero-order valence-electron chi connectivity index (χ0n) is 12.1. The Hall–Kier alpha value is -1.07. The molecule has 2 heterocycles. The van der Waals surface area contributed by atoms with Crippen LogP contribution < -0.4 is 9.64 Å². The van der Waals surface area contributed by atoms with E-state index in [1.165, 1.54) is 0 Å². The molecule has 1 saturated heterocycles. The third-order valence-electron chi connectivity index (χ3n) is 3.69. The molecule has 2 aliphatic rings. The molecule has 1 aromatic heterocycles. The summed E-state index contributed by atoms with van der Waals surface area (Å²) in [5, 5.41) is 0.409. The predicted molar refractivity (Wildman–Crippen MR) is 77.8 cm³/mol. The van der Waals surface area contributed by atoms with Gasteiger partial charge in [-0.15, -0.1) is 0 Å². The Kier molecular flexibility index (Phi) is 3.73. The number of ether oxygens (including phenoxy) is 2. The maximum absolute atomic E-state index is 6.26. The van der Waals surface area contributed by atoms with Gasteiger partial charge in [-0.3, -0.25) is 0 Å². The molecule has 1 saturated carbocycles. The van der Waals surface area contributed by atoms with E-state index in [0.29, 0.717) is 16.8 Å². The minimum atomic E-state index is 0.168. The fourth-order valence-corrected chi connectivity index (χ4v) is 2.94.